The van der Waals surface area contributed by atoms with Crippen molar-refractivity contribution in [3.05, 3.63) is 25.4 Å². The number of ether oxygens (including phenoxy) is 1. The summed E-state index contributed by atoms with van der Waals surface area (Å²) in [4.78, 5) is 19.4. The minimum atomic E-state index is -0.374. The quantitative estimate of drug-likeness (QED) is 0.842. The molecule has 2 rings (SSSR count). The molecule has 0 aliphatic heterocycles. The molecule has 18 heavy (non-hydrogen) atoms. The van der Waals surface area contributed by atoms with Crippen LogP contribution in [0.5, 0.6) is 0 Å². The van der Waals surface area contributed by atoms with Gasteiger partial charge in [0.25, 0.3) is 5.56 Å². The molecule has 1 saturated carbocycles. The number of aromatic nitrogens is 2. The highest BCUT2D eigenvalue weighted by Gasteiger charge is 2.37. The fourth-order valence-electron chi connectivity index (χ4n) is 2.64. The number of aryl methyl sites for hydroxylation is 1. The van der Waals surface area contributed by atoms with Crippen LogP contribution in [0.15, 0.2) is 4.79 Å². The number of hydrogen-bond donors (Lipinski definition) is 1. The van der Waals surface area contributed by atoms with E-state index in [4.69, 9.17) is 4.74 Å². The predicted molar refractivity (Wildman–Crippen MR) is 78.7 cm³/mol. The van der Waals surface area contributed by atoms with Crippen molar-refractivity contribution < 1.29 is 4.74 Å². The molecular weight excluding hydrogens is 343 g/mol. The first-order chi connectivity index (χ1) is 8.59. The summed E-state index contributed by atoms with van der Waals surface area (Å²) >= 11 is 2.04. The molecule has 1 aromatic rings. The molecule has 1 aliphatic carbocycles. The van der Waals surface area contributed by atoms with Crippen molar-refractivity contribution in [1.29, 1.82) is 0 Å². The summed E-state index contributed by atoms with van der Waals surface area (Å²) in [5.74, 6) is 0.715. The lowest BCUT2D eigenvalue weighted by Gasteiger charge is -2.36. The zero-order valence-electron chi connectivity index (χ0n) is 10.9. The Balaban J connectivity index is 2.45. The standard InChI is InChI=1S/C13H19IN2O2/c1-3-18-13(7-5-4-6-8-13)12-15-9(2)10(14)11(17)16-12/h3-8H2,1-2H3,(H,15,16,17). The first kappa shape index (κ1) is 14.0. The van der Waals surface area contributed by atoms with E-state index in [0.29, 0.717) is 16.0 Å². The van der Waals surface area contributed by atoms with Gasteiger partial charge in [0.2, 0.25) is 0 Å². The Kier molecular flexibility index (Phi) is 4.42. The number of rotatable bonds is 3. The van der Waals surface area contributed by atoms with E-state index in [9.17, 15) is 4.79 Å². The molecule has 0 radical (unpaired) electrons. The highest BCUT2D eigenvalue weighted by atomic mass is 127. The second kappa shape index (κ2) is 5.69. The minimum Gasteiger partial charge on any atom is -0.367 e. The molecule has 0 amide bonds. The molecule has 0 unspecified atom stereocenters. The molecular formula is C13H19IN2O2. The third-order valence-corrected chi connectivity index (χ3v) is 4.81. The van der Waals surface area contributed by atoms with E-state index in [1.54, 1.807) is 0 Å². The summed E-state index contributed by atoms with van der Waals surface area (Å²) in [5, 5.41) is 0. The summed E-state index contributed by atoms with van der Waals surface area (Å²) in [6.07, 6.45) is 5.40. The van der Waals surface area contributed by atoms with Crippen LogP contribution in [0.3, 0.4) is 0 Å². The number of nitrogens with zero attached hydrogens (tertiary/aromatic N) is 1. The van der Waals surface area contributed by atoms with Crippen LogP contribution in [0.1, 0.15) is 50.5 Å². The zero-order valence-corrected chi connectivity index (χ0v) is 13.0. The lowest BCUT2D eigenvalue weighted by atomic mass is 9.83. The third kappa shape index (κ3) is 2.61. The van der Waals surface area contributed by atoms with Crippen molar-refractivity contribution in [1.82, 2.24) is 9.97 Å². The lowest BCUT2D eigenvalue weighted by Crippen LogP contribution is -2.37. The highest BCUT2D eigenvalue weighted by Crippen LogP contribution is 2.38. The average Bonchev–Trinajstić information content (AvgIpc) is 2.37. The number of hydrogen-bond acceptors (Lipinski definition) is 3. The number of nitrogens with one attached hydrogen (secondary N) is 1. The zero-order chi connectivity index (χ0) is 13.2. The second-order valence-corrected chi connectivity index (χ2v) is 5.88. The van der Waals surface area contributed by atoms with Gasteiger partial charge in [0.1, 0.15) is 11.4 Å². The van der Waals surface area contributed by atoms with Crippen molar-refractivity contribution in [2.24, 2.45) is 0 Å². The molecule has 5 heteroatoms. The Morgan fingerprint density at radius 1 is 1.39 bits per heavy atom. The SMILES string of the molecule is CCOC1(c2nc(C)c(I)c(=O)[nH]2)CCCCC1. The van der Waals surface area contributed by atoms with Crippen molar-refractivity contribution in [2.75, 3.05) is 6.61 Å². The van der Waals surface area contributed by atoms with Gasteiger partial charge in [0.05, 0.1) is 9.26 Å². The average molecular weight is 362 g/mol. The maximum absolute atomic E-state index is 11.9. The maximum atomic E-state index is 11.9. The Labute approximate surface area is 121 Å². The number of aromatic amines is 1. The molecule has 0 spiro atoms. The topological polar surface area (TPSA) is 55.0 Å². The number of H-pyrrole nitrogens is 1. The summed E-state index contributed by atoms with van der Waals surface area (Å²) in [6.45, 7) is 4.52. The Bertz CT molecular complexity index is 473. The van der Waals surface area contributed by atoms with Gasteiger partial charge in [0, 0.05) is 6.61 Å². The largest absolute Gasteiger partial charge is 0.367 e. The van der Waals surface area contributed by atoms with Gasteiger partial charge in [-0.25, -0.2) is 4.98 Å². The van der Waals surface area contributed by atoms with Crippen LogP contribution in [0, 0.1) is 10.5 Å². The normalized spacial score (nSPS) is 18.8. The van der Waals surface area contributed by atoms with Crippen LogP contribution in [-0.4, -0.2) is 16.6 Å². The molecule has 0 atom stereocenters. The number of halogens is 1. The maximum Gasteiger partial charge on any atom is 0.264 e. The lowest BCUT2D eigenvalue weighted by molar-refractivity contribution is -0.0769. The monoisotopic (exact) mass is 362 g/mol. The van der Waals surface area contributed by atoms with Gasteiger partial charge < -0.3 is 9.72 Å². The van der Waals surface area contributed by atoms with Crippen molar-refractivity contribution >= 4 is 22.6 Å². The van der Waals surface area contributed by atoms with Gasteiger partial charge in [-0.1, -0.05) is 19.3 Å². The van der Waals surface area contributed by atoms with Crippen LogP contribution in [0.25, 0.3) is 0 Å². The van der Waals surface area contributed by atoms with E-state index in [0.717, 1.165) is 31.4 Å². The Morgan fingerprint density at radius 2 is 2.06 bits per heavy atom. The molecule has 0 aromatic carbocycles. The van der Waals surface area contributed by atoms with Crippen molar-refractivity contribution in [3.63, 3.8) is 0 Å². The van der Waals surface area contributed by atoms with E-state index < -0.39 is 0 Å². The smallest absolute Gasteiger partial charge is 0.264 e. The van der Waals surface area contributed by atoms with Crippen molar-refractivity contribution in [2.45, 2.75) is 51.6 Å². The summed E-state index contributed by atoms with van der Waals surface area (Å²) in [5.41, 5.74) is 0.364. The summed E-state index contributed by atoms with van der Waals surface area (Å²) in [6, 6.07) is 0. The minimum absolute atomic E-state index is 0.0530. The van der Waals surface area contributed by atoms with Gasteiger partial charge in [-0.2, -0.15) is 0 Å². The molecule has 1 heterocycles. The van der Waals surface area contributed by atoms with Crippen LogP contribution < -0.4 is 5.56 Å². The van der Waals surface area contributed by atoms with E-state index >= 15 is 0 Å². The first-order valence-electron chi connectivity index (χ1n) is 6.50. The Morgan fingerprint density at radius 3 is 2.61 bits per heavy atom. The van der Waals surface area contributed by atoms with Gasteiger partial charge >= 0.3 is 0 Å². The first-order valence-corrected chi connectivity index (χ1v) is 7.58. The fraction of sp³-hybridized carbons (Fsp3) is 0.692. The fourth-order valence-corrected chi connectivity index (χ4v) is 2.89. The summed E-state index contributed by atoms with van der Waals surface area (Å²) < 4.78 is 6.64. The van der Waals surface area contributed by atoms with Gasteiger partial charge in [-0.15, -0.1) is 0 Å². The van der Waals surface area contributed by atoms with Crippen LogP contribution in [-0.2, 0) is 10.3 Å². The van der Waals surface area contributed by atoms with E-state index in [-0.39, 0.29) is 11.2 Å². The molecule has 1 aromatic heterocycles. The predicted octanol–water partition coefficient (Wildman–Crippen LogP) is 2.88. The van der Waals surface area contributed by atoms with Gasteiger partial charge in [-0.05, 0) is 49.3 Å². The molecule has 1 aliphatic rings. The van der Waals surface area contributed by atoms with E-state index in [1.807, 2.05) is 36.4 Å². The van der Waals surface area contributed by atoms with Crippen LogP contribution in [0.2, 0.25) is 0 Å². The molecule has 1 fully saturated rings. The van der Waals surface area contributed by atoms with E-state index in [1.165, 1.54) is 6.42 Å². The molecule has 0 bridgehead atoms. The Hall–Kier alpha value is -0.430. The molecule has 4 nitrogen and oxygen atoms in total. The van der Waals surface area contributed by atoms with Gasteiger partial charge in [-0.3, -0.25) is 4.79 Å². The molecule has 0 saturated heterocycles. The van der Waals surface area contributed by atoms with Crippen LogP contribution >= 0.6 is 22.6 Å². The van der Waals surface area contributed by atoms with Crippen molar-refractivity contribution in [3.8, 4) is 0 Å². The highest BCUT2D eigenvalue weighted by molar-refractivity contribution is 14.1. The molecule has 1 N–H and O–H groups in total. The van der Waals surface area contributed by atoms with E-state index in [2.05, 4.69) is 9.97 Å². The second-order valence-electron chi connectivity index (χ2n) is 4.80. The molecule has 100 valence electrons. The van der Waals surface area contributed by atoms with Crippen LogP contribution in [0.4, 0.5) is 0 Å². The third-order valence-electron chi connectivity index (χ3n) is 3.54. The summed E-state index contributed by atoms with van der Waals surface area (Å²) in [7, 11) is 0. The van der Waals surface area contributed by atoms with Gasteiger partial charge in [0.15, 0.2) is 0 Å².